The molecule has 0 saturated carbocycles. The topological polar surface area (TPSA) is 26.0 Å². The maximum atomic E-state index is 5.61. The fraction of sp³-hybridized carbons (Fsp3) is 0.250. The molecule has 0 amide bonds. The highest BCUT2D eigenvalue weighted by Crippen LogP contribution is 2.23. The van der Waals surface area contributed by atoms with Crippen molar-refractivity contribution in [1.29, 1.82) is 0 Å². The van der Waals surface area contributed by atoms with Gasteiger partial charge in [-0.25, -0.2) is 0 Å². The molecule has 2 N–H and O–H groups in total. The van der Waals surface area contributed by atoms with E-state index >= 15 is 0 Å². The average Bonchev–Trinajstić information content (AvgIpc) is 2.40. The highest BCUT2D eigenvalue weighted by molar-refractivity contribution is 7.97. The van der Waals surface area contributed by atoms with Gasteiger partial charge in [-0.3, -0.25) is 0 Å². The van der Waals surface area contributed by atoms with E-state index < -0.39 is 0 Å². The molecule has 0 fully saturated rings. The third kappa shape index (κ3) is 3.37. The van der Waals surface area contributed by atoms with Crippen molar-refractivity contribution in [3.8, 4) is 11.1 Å². The number of hydrogen-bond acceptors (Lipinski definition) is 2. The summed E-state index contributed by atoms with van der Waals surface area (Å²) >= 11 is 1.85. The standard InChI is InChI=1S/C16H19NS/c1-18-12-14-5-3-7-16(11-14)15-6-2-4-13(10-15)8-9-17/h2-7,10-11H,8-9,12,17H2,1H3. The predicted molar refractivity (Wildman–Crippen MR) is 81.9 cm³/mol. The van der Waals surface area contributed by atoms with Gasteiger partial charge in [0.2, 0.25) is 0 Å². The normalized spacial score (nSPS) is 10.6. The van der Waals surface area contributed by atoms with E-state index in [0.717, 1.165) is 12.2 Å². The first-order valence-corrected chi connectivity index (χ1v) is 7.60. The molecular formula is C16H19NS. The average molecular weight is 257 g/mol. The van der Waals surface area contributed by atoms with Gasteiger partial charge in [-0.2, -0.15) is 11.8 Å². The molecule has 0 heterocycles. The van der Waals surface area contributed by atoms with Crippen LogP contribution in [0.3, 0.4) is 0 Å². The van der Waals surface area contributed by atoms with Crippen molar-refractivity contribution in [1.82, 2.24) is 0 Å². The zero-order chi connectivity index (χ0) is 12.8. The zero-order valence-corrected chi connectivity index (χ0v) is 11.5. The summed E-state index contributed by atoms with van der Waals surface area (Å²) < 4.78 is 0. The van der Waals surface area contributed by atoms with Crippen LogP contribution < -0.4 is 5.73 Å². The Balaban J connectivity index is 2.29. The second-order valence-corrected chi connectivity index (χ2v) is 5.24. The zero-order valence-electron chi connectivity index (χ0n) is 10.7. The molecule has 0 saturated heterocycles. The quantitative estimate of drug-likeness (QED) is 0.883. The Morgan fingerprint density at radius 1 is 0.944 bits per heavy atom. The Morgan fingerprint density at radius 2 is 1.56 bits per heavy atom. The van der Waals surface area contributed by atoms with Crippen LogP contribution in [0.1, 0.15) is 11.1 Å². The first-order valence-electron chi connectivity index (χ1n) is 6.21. The summed E-state index contributed by atoms with van der Waals surface area (Å²) in [7, 11) is 0. The van der Waals surface area contributed by atoms with Crippen LogP contribution in [0.15, 0.2) is 48.5 Å². The van der Waals surface area contributed by atoms with Gasteiger partial charge in [0.15, 0.2) is 0 Å². The molecule has 2 rings (SSSR count). The second kappa shape index (κ2) is 6.62. The molecule has 0 radical (unpaired) electrons. The molecule has 2 aromatic carbocycles. The molecule has 0 aliphatic heterocycles. The Labute approximate surface area is 113 Å². The molecular weight excluding hydrogens is 238 g/mol. The molecule has 0 aromatic heterocycles. The minimum absolute atomic E-state index is 0.704. The van der Waals surface area contributed by atoms with Crippen molar-refractivity contribution < 1.29 is 0 Å². The van der Waals surface area contributed by atoms with Gasteiger partial charge in [-0.05, 0) is 41.5 Å². The molecule has 1 nitrogen and oxygen atoms in total. The van der Waals surface area contributed by atoms with Gasteiger partial charge < -0.3 is 5.73 Å². The Kier molecular flexibility index (Phi) is 4.85. The van der Waals surface area contributed by atoms with Gasteiger partial charge in [-0.15, -0.1) is 0 Å². The Bertz CT molecular complexity index is 460. The van der Waals surface area contributed by atoms with Crippen molar-refractivity contribution in [2.24, 2.45) is 5.73 Å². The van der Waals surface area contributed by atoms with Crippen LogP contribution in [0, 0.1) is 0 Å². The lowest BCUT2D eigenvalue weighted by Crippen LogP contribution is -2.02. The summed E-state index contributed by atoms with van der Waals surface area (Å²) in [6.07, 6.45) is 3.08. The highest BCUT2D eigenvalue weighted by atomic mass is 32.2. The molecule has 0 bridgehead atoms. The van der Waals surface area contributed by atoms with E-state index in [9.17, 15) is 0 Å². The Morgan fingerprint density at radius 3 is 2.17 bits per heavy atom. The van der Waals surface area contributed by atoms with Crippen LogP contribution in [0.2, 0.25) is 0 Å². The fourth-order valence-corrected chi connectivity index (χ4v) is 2.59. The lowest BCUT2D eigenvalue weighted by Gasteiger charge is -2.07. The largest absolute Gasteiger partial charge is 0.330 e. The van der Waals surface area contributed by atoms with E-state index in [1.54, 1.807) is 0 Å². The SMILES string of the molecule is CSCc1cccc(-c2cccc(CCN)c2)c1. The maximum Gasteiger partial charge on any atom is 0.0182 e. The smallest absolute Gasteiger partial charge is 0.0182 e. The van der Waals surface area contributed by atoms with Gasteiger partial charge in [0.25, 0.3) is 0 Å². The second-order valence-electron chi connectivity index (χ2n) is 4.37. The summed E-state index contributed by atoms with van der Waals surface area (Å²) in [5, 5.41) is 0. The van der Waals surface area contributed by atoms with E-state index in [1.165, 1.54) is 22.3 Å². The van der Waals surface area contributed by atoms with Gasteiger partial charge in [0.05, 0.1) is 0 Å². The molecule has 0 aliphatic carbocycles. The number of hydrogen-bond donors (Lipinski definition) is 1. The third-order valence-corrected chi connectivity index (χ3v) is 3.55. The molecule has 0 aliphatic rings. The number of thioether (sulfide) groups is 1. The molecule has 0 spiro atoms. The minimum Gasteiger partial charge on any atom is -0.330 e. The summed E-state index contributed by atoms with van der Waals surface area (Å²) in [6.45, 7) is 0.704. The summed E-state index contributed by atoms with van der Waals surface area (Å²) in [6, 6.07) is 17.4. The van der Waals surface area contributed by atoms with Gasteiger partial charge in [0, 0.05) is 5.75 Å². The van der Waals surface area contributed by atoms with Crippen LogP contribution in [0.25, 0.3) is 11.1 Å². The van der Waals surface area contributed by atoms with Crippen molar-refractivity contribution in [3.63, 3.8) is 0 Å². The first kappa shape index (κ1) is 13.2. The lowest BCUT2D eigenvalue weighted by atomic mass is 10.0. The Hall–Kier alpha value is -1.25. The van der Waals surface area contributed by atoms with Crippen molar-refractivity contribution >= 4 is 11.8 Å². The molecule has 0 unspecified atom stereocenters. The highest BCUT2D eigenvalue weighted by Gasteiger charge is 2.00. The molecule has 18 heavy (non-hydrogen) atoms. The van der Waals surface area contributed by atoms with E-state index in [0.29, 0.717) is 6.54 Å². The van der Waals surface area contributed by atoms with Gasteiger partial charge in [0.1, 0.15) is 0 Å². The van der Waals surface area contributed by atoms with Crippen molar-refractivity contribution in [2.75, 3.05) is 12.8 Å². The minimum atomic E-state index is 0.704. The van der Waals surface area contributed by atoms with Crippen LogP contribution in [0.5, 0.6) is 0 Å². The lowest BCUT2D eigenvalue weighted by molar-refractivity contribution is 0.969. The number of benzene rings is 2. The van der Waals surface area contributed by atoms with Crippen LogP contribution in [0.4, 0.5) is 0 Å². The monoisotopic (exact) mass is 257 g/mol. The van der Waals surface area contributed by atoms with Crippen LogP contribution in [-0.4, -0.2) is 12.8 Å². The molecule has 94 valence electrons. The van der Waals surface area contributed by atoms with E-state index in [4.69, 9.17) is 5.73 Å². The van der Waals surface area contributed by atoms with Gasteiger partial charge in [-0.1, -0.05) is 48.5 Å². The van der Waals surface area contributed by atoms with Crippen LogP contribution >= 0.6 is 11.8 Å². The molecule has 2 heteroatoms. The summed E-state index contributed by atoms with van der Waals surface area (Å²) in [4.78, 5) is 0. The number of rotatable bonds is 5. The van der Waals surface area contributed by atoms with Crippen LogP contribution in [-0.2, 0) is 12.2 Å². The predicted octanol–water partition coefficient (Wildman–Crippen LogP) is 3.72. The number of nitrogens with two attached hydrogens (primary N) is 1. The molecule has 0 atom stereocenters. The molecule has 2 aromatic rings. The first-order chi connectivity index (χ1) is 8.83. The van der Waals surface area contributed by atoms with Crippen molar-refractivity contribution in [3.05, 3.63) is 59.7 Å². The fourth-order valence-electron chi connectivity index (χ4n) is 2.08. The van der Waals surface area contributed by atoms with E-state index in [1.807, 2.05) is 11.8 Å². The third-order valence-electron chi connectivity index (χ3n) is 2.93. The van der Waals surface area contributed by atoms with E-state index in [2.05, 4.69) is 54.8 Å². The summed E-state index contributed by atoms with van der Waals surface area (Å²) in [5.41, 5.74) is 10.9. The summed E-state index contributed by atoms with van der Waals surface area (Å²) in [5.74, 6) is 1.07. The maximum absolute atomic E-state index is 5.61. The van der Waals surface area contributed by atoms with E-state index in [-0.39, 0.29) is 0 Å². The van der Waals surface area contributed by atoms with Crippen molar-refractivity contribution in [2.45, 2.75) is 12.2 Å². The van der Waals surface area contributed by atoms with Gasteiger partial charge >= 0.3 is 0 Å².